The number of nitrogens with one attached hydrogen (secondary N) is 1. The Hall–Kier alpha value is -1.88. The highest BCUT2D eigenvalue weighted by atomic mass is 35.5. The number of carbonyl (C=O) groups is 1. The first-order chi connectivity index (χ1) is 12.5. The Labute approximate surface area is 160 Å². The van der Waals surface area contributed by atoms with E-state index in [1.807, 2.05) is 43.3 Å². The van der Waals surface area contributed by atoms with E-state index in [9.17, 15) is 4.79 Å². The number of amides is 1. The van der Waals surface area contributed by atoms with Crippen LogP contribution < -0.4 is 5.32 Å². The standard InChI is InChI=1S/C21H26ClN3O/c1-16-5-3-4-6-19(16)21(26)23-15-20(17-7-9-18(22)10-8-17)25-13-11-24(2)12-14-25/h3-10,20H,11-15H2,1-2H3,(H,23,26)/t20-/m1/s1. The molecule has 1 atom stereocenters. The van der Waals surface area contributed by atoms with Crippen molar-refractivity contribution in [3.8, 4) is 0 Å². The third-order valence-electron chi connectivity index (χ3n) is 5.08. The van der Waals surface area contributed by atoms with Gasteiger partial charge in [-0.3, -0.25) is 9.69 Å². The number of aryl methyl sites for hydroxylation is 1. The van der Waals surface area contributed by atoms with Crippen LogP contribution in [0.1, 0.15) is 27.5 Å². The van der Waals surface area contributed by atoms with Gasteiger partial charge in [-0.1, -0.05) is 41.9 Å². The van der Waals surface area contributed by atoms with Gasteiger partial charge in [0.15, 0.2) is 0 Å². The second kappa shape index (κ2) is 8.67. The lowest BCUT2D eigenvalue weighted by atomic mass is 10.0. The Morgan fingerprint density at radius 3 is 2.38 bits per heavy atom. The number of likely N-dealkylation sites (N-methyl/N-ethyl adjacent to an activating group) is 1. The molecule has 0 unspecified atom stereocenters. The molecule has 0 bridgehead atoms. The van der Waals surface area contributed by atoms with Gasteiger partial charge >= 0.3 is 0 Å². The molecule has 1 heterocycles. The van der Waals surface area contributed by atoms with Crippen LogP contribution in [-0.4, -0.2) is 55.5 Å². The lowest BCUT2D eigenvalue weighted by molar-refractivity contribution is 0.0885. The fraction of sp³-hybridized carbons (Fsp3) is 0.381. The van der Waals surface area contributed by atoms with E-state index in [4.69, 9.17) is 11.6 Å². The summed E-state index contributed by atoms with van der Waals surface area (Å²) in [4.78, 5) is 17.4. The molecule has 2 aromatic rings. The first-order valence-electron chi connectivity index (χ1n) is 9.06. The average Bonchev–Trinajstić information content (AvgIpc) is 2.65. The highest BCUT2D eigenvalue weighted by Crippen LogP contribution is 2.23. The predicted molar refractivity (Wildman–Crippen MR) is 107 cm³/mol. The lowest BCUT2D eigenvalue weighted by Crippen LogP contribution is -2.48. The summed E-state index contributed by atoms with van der Waals surface area (Å²) in [6.07, 6.45) is 0. The van der Waals surface area contributed by atoms with Gasteiger partial charge in [-0.05, 0) is 43.3 Å². The van der Waals surface area contributed by atoms with E-state index in [-0.39, 0.29) is 11.9 Å². The van der Waals surface area contributed by atoms with E-state index in [0.29, 0.717) is 6.54 Å². The number of piperazine rings is 1. The maximum absolute atomic E-state index is 12.6. The molecule has 0 aliphatic carbocycles. The number of carbonyl (C=O) groups excluding carboxylic acids is 1. The molecule has 0 saturated carbocycles. The zero-order valence-corrected chi connectivity index (χ0v) is 16.2. The Bertz CT molecular complexity index is 739. The summed E-state index contributed by atoms with van der Waals surface area (Å²) in [5, 5.41) is 3.87. The third-order valence-corrected chi connectivity index (χ3v) is 5.33. The highest BCUT2D eigenvalue weighted by molar-refractivity contribution is 6.30. The zero-order chi connectivity index (χ0) is 18.5. The van der Waals surface area contributed by atoms with Gasteiger partial charge in [0.25, 0.3) is 5.91 Å². The van der Waals surface area contributed by atoms with Gasteiger partial charge in [0.05, 0.1) is 6.04 Å². The van der Waals surface area contributed by atoms with Crippen molar-refractivity contribution in [1.29, 1.82) is 0 Å². The Morgan fingerprint density at radius 2 is 1.73 bits per heavy atom. The van der Waals surface area contributed by atoms with E-state index in [1.165, 1.54) is 5.56 Å². The summed E-state index contributed by atoms with van der Waals surface area (Å²) in [5.41, 5.74) is 2.91. The van der Waals surface area contributed by atoms with Crippen LogP contribution in [0.4, 0.5) is 0 Å². The van der Waals surface area contributed by atoms with Crippen molar-refractivity contribution in [3.63, 3.8) is 0 Å². The largest absolute Gasteiger partial charge is 0.350 e. The molecule has 1 N–H and O–H groups in total. The number of halogens is 1. The zero-order valence-electron chi connectivity index (χ0n) is 15.4. The molecular weight excluding hydrogens is 346 g/mol. The normalized spacial score (nSPS) is 17.0. The molecule has 1 saturated heterocycles. The fourth-order valence-electron chi connectivity index (χ4n) is 3.39. The molecule has 26 heavy (non-hydrogen) atoms. The number of benzene rings is 2. The van der Waals surface area contributed by atoms with Crippen molar-refractivity contribution in [2.75, 3.05) is 39.8 Å². The van der Waals surface area contributed by atoms with Crippen LogP contribution in [-0.2, 0) is 0 Å². The van der Waals surface area contributed by atoms with Gasteiger partial charge in [-0.25, -0.2) is 0 Å². The molecule has 1 fully saturated rings. The van der Waals surface area contributed by atoms with Crippen molar-refractivity contribution in [2.24, 2.45) is 0 Å². The minimum absolute atomic E-state index is 0.0174. The molecule has 0 aromatic heterocycles. The van der Waals surface area contributed by atoms with Crippen molar-refractivity contribution in [2.45, 2.75) is 13.0 Å². The second-order valence-electron chi connectivity index (χ2n) is 6.93. The number of nitrogens with zero attached hydrogens (tertiary/aromatic N) is 2. The van der Waals surface area contributed by atoms with E-state index in [1.54, 1.807) is 0 Å². The number of hydrogen-bond donors (Lipinski definition) is 1. The van der Waals surface area contributed by atoms with Gasteiger partial charge in [0.2, 0.25) is 0 Å². The molecule has 1 aliphatic rings. The molecular formula is C21H26ClN3O. The number of rotatable bonds is 5. The van der Waals surface area contributed by atoms with Gasteiger partial charge in [-0.2, -0.15) is 0 Å². The molecule has 4 nitrogen and oxygen atoms in total. The molecule has 3 rings (SSSR count). The maximum atomic E-state index is 12.6. The highest BCUT2D eigenvalue weighted by Gasteiger charge is 2.24. The van der Waals surface area contributed by atoms with Gasteiger partial charge in [-0.15, -0.1) is 0 Å². The van der Waals surface area contributed by atoms with Crippen LogP contribution in [0.25, 0.3) is 0 Å². The SMILES string of the molecule is Cc1ccccc1C(=O)NC[C@H](c1ccc(Cl)cc1)N1CCN(C)CC1. The van der Waals surface area contributed by atoms with E-state index < -0.39 is 0 Å². The average molecular weight is 372 g/mol. The van der Waals surface area contributed by atoms with Gasteiger partial charge in [0, 0.05) is 43.3 Å². The molecule has 5 heteroatoms. The monoisotopic (exact) mass is 371 g/mol. The minimum atomic E-state index is -0.0174. The lowest BCUT2D eigenvalue weighted by Gasteiger charge is -2.38. The van der Waals surface area contributed by atoms with Crippen molar-refractivity contribution < 1.29 is 4.79 Å². The van der Waals surface area contributed by atoms with Crippen LogP contribution in [0.2, 0.25) is 5.02 Å². The third kappa shape index (κ3) is 4.64. The van der Waals surface area contributed by atoms with E-state index in [2.05, 4.69) is 34.3 Å². The van der Waals surface area contributed by atoms with Crippen LogP contribution >= 0.6 is 11.6 Å². The maximum Gasteiger partial charge on any atom is 0.251 e. The molecule has 0 radical (unpaired) electrons. The molecule has 2 aromatic carbocycles. The Morgan fingerprint density at radius 1 is 1.08 bits per heavy atom. The van der Waals surface area contributed by atoms with Crippen LogP contribution in [0.3, 0.4) is 0 Å². The van der Waals surface area contributed by atoms with Gasteiger partial charge in [0.1, 0.15) is 0 Å². The molecule has 1 amide bonds. The first-order valence-corrected chi connectivity index (χ1v) is 9.44. The smallest absolute Gasteiger partial charge is 0.251 e. The van der Waals surface area contributed by atoms with Crippen LogP contribution in [0.15, 0.2) is 48.5 Å². The first kappa shape index (κ1) is 18.9. The minimum Gasteiger partial charge on any atom is -0.350 e. The second-order valence-corrected chi connectivity index (χ2v) is 7.37. The summed E-state index contributed by atoms with van der Waals surface area (Å²) in [7, 11) is 2.15. The predicted octanol–water partition coefficient (Wildman–Crippen LogP) is 3.37. The Kier molecular flexibility index (Phi) is 6.30. The Balaban J connectivity index is 1.74. The van der Waals surface area contributed by atoms with Gasteiger partial charge < -0.3 is 10.2 Å². The summed E-state index contributed by atoms with van der Waals surface area (Å²) >= 11 is 6.06. The quantitative estimate of drug-likeness (QED) is 0.875. The topological polar surface area (TPSA) is 35.6 Å². The fourth-order valence-corrected chi connectivity index (χ4v) is 3.51. The van der Waals surface area contributed by atoms with Crippen LogP contribution in [0.5, 0.6) is 0 Å². The van der Waals surface area contributed by atoms with Crippen molar-refractivity contribution >= 4 is 17.5 Å². The molecule has 1 aliphatic heterocycles. The molecule has 0 spiro atoms. The van der Waals surface area contributed by atoms with Crippen molar-refractivity contribution in [1.82, 2.24) is 15.1 Å². The summed E-state index contributed by atoms with van der Waals surface area (Å²) in [6.45, 7) is 6.60. The summed E-state index contributed by atoms with van der Waals surface area (Å²) in [5.74, 6) is -0.0174. The van der Waals surface area contributed by atoms with Crippen LogP contribution in [0, 0.1) is 6.92 Å². The number of hydrogen-bond acceptors (Lipinski definition) is 3. The summed E-state index contributed by atoms with van der Waals surface area (Å²) < 4.78 is 0. The van der Waals surface area contributed by atoms with E-state index >= 15 is 0 Å². The van der Waals surface area contributed by atoms with Crippen molar-refractivity contribution in [3.05, 3.63) is 70.2 Å². The molecule has 138 valence electrons. The van der Waals surface area contributed by atoms with E-state index in [0.717, 1.165) is 42.3 Å². The summed E-state index contributed by atoms with van der Waals surface area (Å²) in [6, 6.07) is 15.8.